The van der Waals surface area contributed by atoms with E-state index in [1.54, 1.807) is 29.1 Å². The van der Waals surface area contributed by atoms with Gasteiger partial charge in [0.15, 0.2) is 0 Å². The first kappa shape index (κ1) is 20.3. The minimum atomic E-state index is -0.307. The molecule has 0 saturated heterocycles. The number of hydrogen-bond acceptors (Lipinski definition) is 5. The summed E-state index contributed by atoms with van der Waals surface area (Å²) < 4.78 is 14.7. The van der Waals surface area contributed by atoms with Gasteiger partial charge in [-0.15, -0.1) is 0 Å². The van der Waals surface area contributed by atoms with Gasteiger partial charge in [0.25, 0.3) is 0 Å². The van der Waals surface area contributed by atoms with Gasteiger partial charge in [0.2, 0.25) is 5.91 Å². The van der Waals surface area contributed by atoms with E-state index in [2.05, 4.69) is 15.3 Å². The third kappa shape index (κ3) is 4.76. The maximum atomic E-state index is 13.0. The van der Waals surface area contributed by atoms with Crippen LogP contribution in [0.1, 0.15) is 28.8 Å². The normalized spacial score (nSPS) is 12.6. The lowest BCUT2D eigenvalue weighted by atomic mass is 10.2. The van der Waals surface area contributed by atoms with E-state index in [1.807, 2.05) is 12.1 Å². The molecule has 1 amide bonds. The molecule has 8 heteroatoms. The second kappa shape index (κ2) is 9.21. The summed E-state index contributed by atoms with van der Waals surface area (Å²) in [5.41, 5.74) is 3.56. The van der Waals surface area contributed by atoms with Crippen molar-refractivity contribution in [3.8, 4) is 0 Å². The number of benzene rings is 1. The predicted molar refractivity (Wildman–Crippen MR) is 113 cm³/mol. The van der Waals surface area contributed by atoms with E-state index in [1.165, 1.54) is 23.9 Å². The highest BCUT2D eigenvalue weighted by atomic mass is 32.2. The standard InChI is InChI=1S/C22H21FN4O2S/c23-17-8-6-15(7-9-17)12-25-20(28)14-30-21-18-4-1-5-19(18)27(22(29)26-21)13-16-3-2-10-24-11-16/h2-3,6-11H,1,4-5,12-14H2,(H,25,28). The fraction of sp³-hybridized carbons (Fsp3) is 0.273. The summed E-state index contributed by atoms with van der Waals surface area (Å²) in [5.74, 6) is -0.289. The molecule has 0 atom stereocenters. The highest BCUT2D eigenvalue weighted by Gasteiger charge is 2.22. The van der Waals surface area contributed by atoms with E-state index < -0.39 is 0 Å². The number of carbonyl (C=O) groups is 1. The number of amides is 1. The molecule has 1 N–H and O–H groups in total. The molecule has 6 nitrogen and oxygen atoms in total. The number of halogens is 1. The summed E-state index contributed by atoms with van der Waals surface area (Å²) in [6.45, 7) is 0.781. The average molecular weight is 425 g/mol. The Morgan fingerprint density at radius 3 is 2.77 bits per heavy atom. The summed E-state index contributed by atoms with van der Waals surface area (Å²) in [4.78, 5) is 33.3. The average Bonchev–Trinajstić information content (AvgIpc) is 3.25. The lowest BCUT2D eigenvalue weighted by molar-refractivity contribution is -0.118. The largest absolute Gasteiger partial charge is 0.351 e. The van der Waals surface area contributed by atoms with Crippen molar-refractivity contribution in [3.05, 3.63) is 87.5 Å². The molecule has 0 bridgehead atoms. The summed E-state index contributed by atoms with van der Waals surface area (Å²) in [6, 6.07) is 9.80. The third-order valence-corrected chi connectivity index (χ3v) is 6.02. The van der Waals surface area contributed by atoms with Crippen LogP contribution in [0, 0.1) is 5.82 Å². The second-order valence-corrected chi connectivity index (χ2v) is 8.08. The lowest BCUT2D eigenvalue weighted by Crippen LogP contribution is -2.28. The van der Waals surface area contributed by atoms with Gasteiger partial charge in [-0.25, -0.2) is 9.18 Å². The first-order valence-electron chi connectivity index (χ1n) is 9.75. The first-order chi connectivity index (χ1) is 14.6. The van der Waals surface area contributed by atoms with Crippen LogP contribution in [0.15, 0.2) is 58.6 Å². The van der Waals surface area contributed by atoms with Gasteiger partial charge in [-0.05, 0) is 48.6 Å². The SMILES string of the molecule is O=C(CSc1nc(=O)n(Cc2cccnc2)c2c1CCC2)NCc1ccc(F)cc1. The molecule has 0 spiro atoms. The van der Waals surface area contributed by atoms with E-state index in [9.17, 15) is 14.0 Å². The first-order valence-corrected chi connectivity index (χ1v) is 10.7. The van der Waals surface area contributed by atoms with Gasteiger partial charge in [-0.2, -0.15) is 4.98 Å². The number of fused-ring (bicyclic) bond motifs is 1. The Morgan fingerprint density at radius 1 is 1.17 bits per heavy atom. The fourth-order valence-corrected chi connectivity index (χ4v) is 4.44. The van der Waals surface area contributed by atoms with E-state index in [-0.39, 0.29) is 23.2 Å². The third-order valence-electron chi connectivity index (χ3n) is 5.01. The smallest absolute Gasteiger partial charge is 0.349 e. The molecule has 2 heterocycles. The van der Waals surface area contributed by atoms with Crippen molar-refractivity contribution in [1.29, 1.82) is 0 Å². The van der Waals surface area contributed by atoms with E-state index in [0.717, 1.165) is 41.6 Å². The topological polar surface area (TPSA) is 76.9 Å². The van der Waals surface area contributed by atoms with Crippen LogP contribution in [0.4, 0.5) is 4.39 Å². The van der Waals surface area contributed by atoms with Gasteiger partial charge in [-0.1, -0.05) is 30.0 Å². The molecule has 3 aromatic rings. The zero-order chi connectivity index (χ0) is 20.9. The molecule has 1 aliphatic carbocycles. The van der Waals surface area contributed by atoms with Gasteiger partial charge in [0.05, 0.1) is 12.3 Å². The highest BCUT2D eigenvalue weighted by Crippen LogP contribution is 2.29. The highest BCUT2D eigenvalue weighted by molar-refractivity contribution is 7.99. The Kier molecular flexibility index (Phi) is 6.23. The molecule has 1 aliphatic rings. The number of nitrogens with zero attached hydrogens (tertiary/aromatic N) is 3. The van der Waals surface area contributed by atoms with Crippen LogP contribution in [-0.2, 0) is 30.7 Å². The molecule has 30 heavy (non-hydrogen) atoms. The van der Waals surface area contributed by atoms with Crippen LogP contribution >= 0.6 is 11.8 Å². The number of nitrogens with one attached hydrogen (secondary N) is 1. The molecule has 0 fully saturated rings. The Morgan fingerprint density at radius 2 is 2.00 bits per heavy atom. The molecule has 4 rings (SSSR count). The molecule has 154 valence electrons. The number of thioether (sulfide) groups is 1. The van der Waals surface area contributed by atoms with Crippen molar-refractivity contribution >= 4 is 17.7 Å². The van der Waals surface area contributed by atoms with Crippen LogP contribution < -0.4 is 11.0 Å². The van der Waals surface area contributed by atoms with Gasteiger partial charge >= 0.3 is 5.69 Å². The number of rotatable bonds is 7. The predicted octanol–water partition coefficient (Wildman–Crippen LogP) is 2.72. The van der Waals surface area contributed by atoms with Crippen LogP contribution in [0.25, 0.3) is 0 Å². The van der Waals surface area contributed by atoms with Crippen molar-refractivity contribution in [2.75, 3.05) is 5.75 Å². The van der Waals surface area contributed by atoms with E-state index >= 15 is 0 Å². The maximum absolute atomic E-state index is 13.0. The summed E-state index contributed by atoms with van der Waals surface area (Å²) in [6.07, 6.45) is 6.11. The maximum Gasteiger partial charge on any atom is 0.349 e. The number of aromatic nitrogens is 3. The molecule has 0 unspecified atom stereocenters. The fourth-order valence-electron chi connectivity index (χ4n) is 3.53. The Balaban J connectivity index is 1.42. The van der Waals surface area contributed by atoms with Crippen molar-refractivity contribution in [2.24, 2.45) is 0 Å². The quantitative estimate of drug-likeness (QED) is 0.466. The van der Waals surface area contributed by atoms with Crippen LogP contribution in [0.5, 0.6) is 0 Å². The minimum Gasteiger partial charge on any atom is -0.351 e. The van der Waals surface area contributed by atoms with Crippen LogP contribution in [0.2, 0.25) is 0 Å². The second-order valence-electron chi connectivity index (χ2n) is 7.12. The number of carbonyl (C=O) groups excluding carboxylic acids is 1. The summed E-state index contributed by atoms with van der Waals surface area (Å²) in [5, 5.41) is 3.46. The van der Waals surface area contributed by atoms with Crippen molar-refractivity contribution in [2.45, 2.75) is 37.4 Å². The van der Waals surface area contributed by atoms with Crippen molar-refractivity contribution in [1.82, 2.24) is 19.9 Å². The molecular weight excluding hydrogens is 403 g/mol. The lowest BCUT2D eigenvalue weighted by Gasteiger charge is -2.14. The molecular formula is C22H21FN4O2S. The van der Waals surface area contributed by atoms with Gasteiger partial charge in [-0.3, -0.25) is 14.3 Å². The van der Waals surface area contributed by atoms with Gasteiger partial charge in [0.1, 0.15) is 10.8 Å². The van der Waals surface area contributed by atoms with E-state index in [4.69, 9.17) is 0 Å². The van der Waals surface area contributed by atoms with Crippen molar-refractivity contribution < 1.29 is 9.18 Å². The molecule has 1 aromatic carbocycles. The summed E-state index contributed by atoms with van der Waals surface area (Å²) >= 11 is 1.29. The van der Waals surface area contributed by atoms with Gasteiger partial charge in [0, 0.05) is 30.2 Å². The van der Waals surface area contributed by atoms with Crippen LogP contribution in [-0.4, -0.2) is 26.2 Å². The molecule has 0 radical (unpaired) electrons. The number of hydrogen-bond donors (Lipinski definition) is 1. The van der Waals surface area contributed by atoms with Crippen molar-refractivity contribution in [3.63, 3.8) is 0 Å². The Hall–Kier alpha value is -3.00. The van der Waals surface area contributed by atoms with E-state index in [0.29, 0.717) is 18.1 Å². The summed E-state index contributed by atoms with van der Waals surface area (Å²) in [7, 11) is 0. The zero-order valence-corrected chi connectivity index (χ0v) is 17.1. The Bertz CT molecular complexity index is 1100. The molecule has 2 aromatic heterocycles. The Labute approximate surface area is 177 Å². The van der Waals surface area contributed by atoms with Crippen LogP contribution in [0.3, 0.4) is 0 Å². The zero-order valence-electron chi connectivity index (χ0n) is 16.3. The number of pyridine rings is 1. The monoisotopic (exact) mass is 424 g/mol. The minimum absolute atomic E-state index is 0.155. The molecule has 0 aliphatic heterocycles. The molecule has 0 saturated carbocycles. The van der Waals surface area contributed by atoms with Gasteiger partial charge < -0.3 is 5.32 Å².